The molecule has 0 unspecified atom stereocenters. The Labute approximate surface area is 148 Å². The molecule has 1 saturated carbocycles. The highest BCUT2D eigenvalue weighted by molar-refractivity contribution is 6.02. The lowest BCUT2D eigenvalue weighted by Gasteiger charge is -2.01. The maximum Gasteiger partial charge on any atom is 0.276 e. The lowest BCUT2D eigenvalue weighted by atomic mass is 10.1. The first kappa shape index (κ1) is 16.0. The van der Waals surface area contributed by atoms with Crippen LogP contribution in [-0.2, 0) is 4.79 Å². The molecule has 3 aromatic rings. The minimum atomic E-state index is -0.479. The van der Waals surface area contributed by atoms with Gasteiger partial charge in [-0.3, -0.25) is 14.9 Å². The monoisotopic (exact) mass is 349 g/mol. The molecule has 7 nitrogen and oxygen atoms in total. The van der Waals surface area contributed by atoms with Crippen molar-refractivity contribution < 1.29 is 14.1 Å². The van der Waals surface area contributed by atoms with Crippen molar-refractivity contribution in [1.82, 2.24) is 4.98 Å². The molecule has 1 heterocycles. The molecule has 0 atom stereocenters. The van der Waals surface area contributed by atoms with E-state index in [2.05, 4.69) is 10.3 Å². The van der Waals surface area contributed by atoms with Crippen LogP contribution in [-0.4, -0.2) is 15.8 Å². The molecule has 0 aliphatic heterocycles. The Morgan fingerprint density at radius 1 is 1.27 bits per heavy atom. The van der Waals surface area contributed by atoms with Gasteiger partial charge in [0.25, 0.3) is 5.69 Å². The van der Waals surface area contributed by atoms with Gasteiger partial charge in [-0.25, -0.2) is 4.98 Å². The van der Waals surface area contributed by atoms with Gasteiger partial charge in [0.1, 0.15) is 5.52 Å². The maximum atomic E-state index is 12.1. The number of nitro benzene ring substituents is 1. The number of hydrogen-bond donors (Lipinski definition) is 1. The smallest absolute Gasteiger partial charge is 0.276 e. The Morgan fingerprint density at radius 3 is 2.85 bits per heavy atom. The molecule has 1 N–H and O–H groups in total. The standard InChI is InChI=1S/C19H15N3O4/c23-18(10-7-12-3-1-2-4-16(12)22(24)25)20-14-8-9-17-15(11-14)21-19(26-17)13-5-6-13/h1-4,7-11,13H,5-6H2,(H,20,23)/b10-7+. The summed E-state index contributed by atoms with van der Waals surface area (Å²) in [4.78, 5) is 27.1. The molecular weight excluding hydrogens is 334 g/mol. The first-order valence-corrected chi connectivity index (χ1v) is 8.23. The molecule has 130 valence electrons. The molecule has 0 saturated heterocycles. The van der Waals surface area contributed by atoms with Gasteiger partial charge in [-0.1, -0.05) is 12.1 Å². The van der Waals surface area contributed by atoms with Crippen molar-refractivity contribution in [2.75, 3.05) is 5.32 Å². The van der Waals surface area contributed by atoms with Crippen LogP contribution in [0.15, 0.2) is 53.0 Å². The number of nitrogens with zero attached hydrogens (tertiary/aromatic N) is 2. The van der Waals surface area contributed by atoms with E-state index >= 15 is 0 Å². The zero-order valence-corrected chi connectivity index (χ0v) is 13.7. The van der Waals surface area contributed by atoms with Crippen molar-refractivity contribution in [3.8, 4) is 0 Å². The van der Waals surface area contributed by atoms with E-state index < -0.39 is 4.92 Å². The molecule has 0 spiro atoms. The van der Waals surface area contributed by atoms with E-state index in [1.54, 1.807) is 36.4 Å². The highest BCUT2D eigenvalue weighted by Gasteiger charge is 2.28. The fourth-order valence-corrected chi connectivity index (χ4v) is 2.67. The summed E-state index contributed by atoms with van der Waals surface area (Å²) in [5.74, 6) is 0.790. The lowest BCUT2D eigenvalue weighted by Crippen LogP contribution is -2.07. The Hall–Kier alpha value is -3.48. The zero-order valence-electron chi connectivity index (χ0n) is 13.7. The van der Waals surface area contributed by atoms with Crippen molar-refractivity contribution in [2.45, 2.75) is 18.8 Å². The third-order valence-corrected chi connectivity index (χ3v) is 4.15. The van der Waals surface area contributed by atoms with Crippen LogP contribution in [0.1, 0.15) is 30.2 Å². The molecule has 1 aromatic heterocycles. The van der Waals surface area contributed by atoms with Crippen LogP contribution < -0.4 is 5.32 Å². The second-order valence-electron chi connectivity index (χ2n) is 6.15. The summed E-state index contributed by atoms with van der Waals surface area (Å²) in [6, 6.07) is 11.5. The Morgan fingerprint density at radius 2 is 2.08 bits per heavy atom. The number of nitro groups is 1. The topological polar surface area (TPSA) is 98.3 Å². The molecule has 0 bridgehead atoms. The Balaban J connectivity index is 1.49. The first-order valence-electron chi connectivity index (χ1n) is 8.23. The second kappa shape index (κ2) is 6.44. The average molecular weight is 349 g/mol. The maximum absolute atomic E-state index is 12.1. The van der Waals surface area contributed by atoms with Gasteiger partial charge in [0.2, 0.25) is 5.91 Å². The van der Waals surface area contributed by atoms with Crippen molar-refractivity contribution in [3.63, 3.8) is 0 Å². The normalized spacial score (nSPS) is 14.0. The number of oxazole rings is 1. The highest BCUT2D eigenvalue weighted by atomic mass is 16.6. The van der Waals surface area contributed by atoms with Crippen LogP contribution in [0.3, 0.4) is 0 Å². The van der Waals surface area contributed by atoms with E-state index in [-0.39, 0.29) is 11.6 Å². The van der Waals surface area contributed by atoms with E-state index in [1.807, 2.05) is 0 Å². The molecular formula is C19H15N3O4. The van der Waals surface area contributed by atoms with Gasteiger partial charge in [0, 0.05) is 23.7 Å². The largest absolute Gasteiger partial charge is 0.440 e. The van der Waals surface area contributed by atoms with Gasteiger partial charge in [0.05, 0.1) is 10.5 Å². The van der Waals surface area contributed by atoms with Gasteiger partial charge in [-0.05, 0) is 43.2 Å². The van der Waals surface area contributed by atoms with E-state index in [4.69, 9.17) is 4.42 Å². The molecule has 1 fully saturated rings. The van der Waals surface area contributed by atoms with Crippen LogP contribution in [0, 0.1) is 10.1 Å². The van der Waals surface area contributed by atoms with Crippen LogP contribution in [0.5, 0.6) is 0 Å². The fraction of sp³-hybridized carbons (Fsp3) is 0.158. The zero-order chi connectivity index (χ0) is 18.1. The minimum Gasteiger partial charge on any atom is -0.440 e. The highest BCUT2D eigenvalue weighted by Crippen LogP contribution is 2.40. The first-order chi connectivity index (χ1) is 12.6. The summed E-state index contributed by atoms with van der Waals surface area (Å²) in [7, 11) is 0. The molecule has 4 rings (SSSR count). The number of fused-ring (bicyclic) bond motifs is 1. The molecule has 2 aromatic carbocycles. The van der Waals surface area contributed by atoms with Crippen molar-refractivity contribution >= 4 is 34.5 Å². The number of nitrogens with one attached hydrogen (secondary N) is 1. The number of carbonyl (C=O) groups is 1. The average Bonchev–Trinajstić information content (AvgIpc) is 3.39. The summed E-state index contributed by atoms with van der Waals surface area (Å²) in [6.45, 7) is 0. The number of benzene rings is 2. The van der Waals surface area contributed by atoms with Gasteiger partial charge in [0.15, 0.2) is 11.5 Å². The fourth-order valence-electron chi connectivity index (χ4n) is 2.67. The third kappa shape index (κ3) is 3.32. The summed E-state index contributed by atoms with van der Waals surface area (Å²) in [5, 5.41) is 13.7. The van der Waals surface area contributed by atoms with Crippen LogP contribution in [0.2, 0.25) is 0 Å². The Bertz CT molecular complexity index is 1030. The van der Waals surface area contributed by atoms with Crippen LogP contribution >= 0.6 is 0 Å². The third-order valence-electron chi connectivity index (χ3n) is 4.15. The van der Waals surface area contributed by atoms with Crippen LogP contribution in [0.4, 0.5) is 11.4 Å². The summed E-state index contributed by atoms with van der Waals surface area (Å²) in [5.41, 5.74) is 2.31. The molecule has 0 radical (unpaired) electrons. The van der Waals surface area contributed by atoms with E-state index in [9.17, 15) is 14.9 Å². The summed E-state index contributed by atoms with van der Waals surface area (Å²) >= 11 is 0. The van der Waals surface area contributed by atoms with Gasteiger partial charge in [-0.15, -0.1) is 0 Å². The van der Waals surface area contributed by atoms with E-state index in [0.717, 1.165) is 18.7 Å². The number of rotatable bonds is 5. The van der Waals surface area contributed by atoms with Crippen molar-refractivity contribution in [2.24, 2.45) is 0 Å². The van der Waals surface area contributed by atoms with Gasteiger partial charge in [-0.2, -0.15) is 0 Å². The number of aromatic nitrogens is 1. The van der Waals surface area contributed by atoms with E-state index in [0.29, 0.717) is 28.3 Å². The lowest BCUT2D eigenvalue weighted by molar-refractivity contribution is -0.385. The SMILES string of the molecule is O=C(/C=C/c1ccccc1[N+](=O)[O-])Nc1ccc2oc(C3CC3)nc2c1. The summed E-state index contributed by atoms with van der Waals surface area (Å²) in [6.07, 6.45) is 4.90. The molecule has 1 aliphatic carbocycles. The Kier molecular flexibility index (Phi) is 3.96. The second-order valence-corrected chi connectivity index (χ2v) is 6.15. The number of carbonyl (C=O) groups excluding carboxylic acids is 1. The predicted molar refractivity (Wildman–Crippen MR) is 96.7 cm³/mol. The predicted octanol–water partition coefficient (Wildman–Crippen LogP) is 4.27. The number of hydrogen-bond acceptors (Lipinski definition) is 5. The van der Waals surface area contributed by atoms with Gasteiger partial charge < -0.3 is 9.73 Å². The van der Waals surface area contributed by atoms with Crippen molar-refractivity contribution in [3.05, 3.63) is 70.1 Å². The number of amides is 1. The van der Waals surface area contributed by atoms with Crippen molar-refractivity contribution in [1.29, 1.82) is 0 Å². The number of para-hydroxylation sites is 1. The summed E-state index contributed by atoms with van der Waals surface area (Å²) < 4.78 is 5.69. The number of anilines is 1. The molecule has 26 heavy (non-hydrogen) atoms. The quantitative estimate of drug-likeness (QED) is 0.421. The van der Waals surface area contributed by atoms with E-state index in [1.165, 1.54) is 18.2 Å². The molecule has 1 amide bonds. The minimum absolute atomic E-state index is 0.0480. The molecule has 7 heteroatoms. The van der Waals surface area contributed by atoms with Crippen LogP contribution in [0.25, 0.3) is 17.2 Å². The molecule has 1 aliphatic rings. The van der Waals surface area contributed by atoms with Gasteiger partial charge >= 0.3 is 0 Å².